The lowest BCUT2D eigenvalue weighted by Gasteiger charge is -2.15. The number of hydrogen-bond acceptors (Lipinski definition) is 4. The third-order valence-corrected chi connectivity index (χ3v) is 5.74. The van der Waals surface area contributed by atoms with Gasteiger partial charge in [-0.05, 0) is 60.3 Å². The van der Waals surface area contributed by atoms with Crippen LogP contribution < -0.4 is 9.64 Å². The summed E-state index contributed by atoms with van der Waals surface area (Å²) in [5, 5.41) is 0.618. The molecule has 0 aromatic heterocycles. The quantitative estimate of drug-likeness (QED) is 0.427. The van der Waals surface area contributed by atoms with Crippen LogP contribution in [0.5, 0.6) is 5.75 Å². The number of halogens is 1. The Morgan fingerprint density at radius 2 is 1.69 bits per heavy atom. The number of hydrogen-bond donors (Lipinski definition) is 0. The van der Waals surface area contributed by atoms with Crippen molar-refractivity contribution in [1.82, 2.24) is 0 Å². The summed E-state index contributed by atoms with van der Waals surface area (Å²) in [5.41, 5.74) is 2.40. The Labute approximate surface area is 182 Å². The number of ether oxygens (including phenoxy) is 1. The van der Waals surface area contributed by atoms with Gasteiger partial charge < -0.3 is 4.74 Å². The summed E-state index contributed by atoms with van der Waals surface area (Å²) in [7, 11) is 1.62. The zero-order valence-electron chi connectivity index (χ0n) is 15.6. The molecule has 1 aliphatic heterocycles. The molecule has 4 nitrogen and oxygen atoms in total. The van der Waals surface area contributed by atoms with Crippen molar-refractivity contribution in [3.63, 3.8) is 0 Å². The Hall–Kier alpha value is -2.83. The number of rotatable bonds is 4. The average molecular weight is 465 g/mol. The molecule has 0 radical (unpaired) electrons. The molecule has 6 heteroatoms. The third-order valence-electron chi connectivity index (χ3n) is 4.28. The number of nitrogens with zero attached hydrogens (tertiary/aromatic N) is 2. The van der Waals surface area contributed by atoms with Gasteiger partial charge in [0.1, 0.15) is 5.75 Å². The highest BCUT2D eigenvalue weighted by molar-refractivity contribution is 9.10. The van der Waals surface area contributed by atoms with E-state index in [0.29, 0.717) is 15.8 Å². The number of benzene rings is 3. The lowest BCUT2D eigenvalue weighted by atomic mass is 10.2. The fraction of sp³-hybridized carbons (Fsp3) is 0.0435. The lowest BCUT2D eigenvalue weighted by molar-refractivity contribution is -0.113. The van der Waals surface area contributed by atoms with Crippen molar-refractivity contribution >= 4 is 56.2 Å². The van der Waals surface area contributed by atoms with Crippen LogP contribution in [0.3, 0.4) is 0 Å². The van der Waals surface area contributed by atoms with Gasteiger partial charge in [0, 0.05) is 10.0 Å². The fourth-order valence-electron chi connectivity index (χ4n) is 2.93. The molecule has 0 N–H and O–H groups in total. The van der Waals surface area contributed by atoms with E-state index in [-0.39, 0.29) is 5.91 Å². The first-order valence-corrected chi connectivity index (χ1v) is 10.5. The summed E-state index contributed by atoms with van der Waals surface area (Å²) in [6.45, 7) is 0. The van der Waals surface area contributed by atoms with Crippen LogP contribution in [0.1, 0.15) is 5.56 Å². The van der Waals surface area contributed by atoms with Gasteiger partial charge in [-0.3, -0.25) is 9.69 Å². The molecule has 4 rings (SSSR count). The Bertz CT molecular complexity index is 1100. The molecule has 1 heterocycles. The molecule has 0 spiro atoms. The van der Waals surface area contributed by atoms with Crippen LogP contribution in [0.2, 0.25) is 0 Å². The largest absolute Gasteiger partial charge is 0.496 e. The topological polar surface area (TPSA) is 41.9 Å². The van der Waals surface area contributed by atoms with Gasteiger partial charge in [-0.2, -0.15) is 0 Å². The highest BCUT2D eigenvalue weighted by Gasteiger charge is 2.34. The predicted octanol–water partition coefficient (Wildman–Crippen LogP) is 6.27. The van der Waals surface area contributed by atoms with Crippen LogP contribution in [-0.4, -0.2) is 18.2 Å². The van der Waals surface area contributed by atoms with Gasteiger partial charge in [0.15, 0.2) is 5.17 Å². The summed E-state index contributed by atoms with van der Waals surface area (Å²) in [4.78, 5) is 20.3. The van der Waals surface area contributed by atoms with Crippen molar-refractivity contribution in [3.05, 3.63) is 93.8 Å². The van der Waals surface area contributed by atoms with E-state index in [9.17, 15) is 4.79 Å². The molecule has 0 aliphatic carbocycles. The van der Waals surface area contributed by atoms with Gasteiger partial charge in [0.2, 0.25) is 0 Å². The van der Waals surface area contributed by atoms with Gasteiger partial charge in [0.05, 0.1) is 23.4 Å². The smallest absolute Gasteiger partial charge is 0.271 e. The van der Waals surface area contributed by atoms with E-state index >= 15 is 0 Å². The van der Waals surface area contributed by atoms with E-state index in [1.165, 1.54) is 11.8 Å². The highest BCUT2D eigenvalue weighted by Crippen LogP contribution is 2.38. The van der Waals surface area contributed by atoms with Crippen LogP contribution >= 0.6 is 27.7 Å². The molecule has 1 saturated heterocycles. The van der Waals surface area contributed by atoms with E-state index < -0.39 is 0 Å². The molecule has 0 saturated carbocycles. The number of aliphatic imine (C=N–C) groups is 1. The summed E-state index contributed by atoms with van der Waals surface area (Å²) in [6, 6.07) is 24.9. The summed E-state index contributed by atoms with van der Waals surface area (Å²) < 4.78 is 6.37. The molecule has 3 aromatic carbocycles. The molecule has 1 amide bonds. The second-order valence-corrected chi connectivity index (χ2v) is 8.13. The Morgan fingerprint density at radius 1 is 1.00 bits per heavy atom. The average Bonchev–Trinajstić information content (AvgIpc) is 3.04. The fourth-order valence-corrected chi connectivity index (χ4v) is 4.30. The number of amidine groups is 1. The number of carbonyl (C=O) groups is 1. The molecule has 0 atom stereocenters. The minimum atomic E-state index is -0.113. The zero-order valence-corrected chi connectivity index (χ0v) is 18.0. The molecule has 0 bridgehead atoms. The van der Waals surface area contributed by atoms with Crippen LogP contribution in [-0.2, 0) is 4.79 Å². The van der Waals surface area contributed by atoms with Gasteiger partial charge in [-0.1, -0.05) is 52.3 Å². The van der Waals surface area contributed by atoms with Crippen LogP contribution in [0.4, 0.5) is 11.4 Å². The van der Waals surface area contributed by atoms with Gasteiger partial charge >= 0.3 is 0 Å². The maximum Gasteiger partial charge on any atom is 0.271 e. The molecular formula is C23H17BrN2O2S. The molecule has 1 aliphatic rings. The second kappa shape index (κ2) is 8.68. The number of amides is 1. The first-order valence-electron chi connectivity index (χ1n) is 8.92. The van der Waals surface area contributed by atoms with Crippen molar-refractivity contribution in [2.24, 2.45) is 4.99 Å². The number of carbonyl (C=O) groups excluding carboxylic acids is 1. The third kappa shape index (κ3) is 4.28. The summed E-state index contributed by atoms with van der Waals surface area (Å²) in [6.07, 6.45) is 1.85. The molecular weight excluding hydrogens is 448 g/mol. The van der Waals surface area contributed by atoms with Gasteiger partial charge in [-0.25, -0.2) is 4.99 Å². The number of anilines is 1. The van der Waals surface area contributed by atoms with E-state index in [1.807, 2.05) is 84.9 Å². The Balaban J connectivity index is 1.79. The summed E-state index contributed by atoms with van der Waals surface area (Å²) >= 11 is 4.84. The lowest BCUT2D eigenvalue weighted by Crippen LogP contribution is -2.28. The summed E-state index contributed by atoms with van der Waals surface area (Å²) in [5.74, 6) is 0.590. The standard InChI is InChI=1S/C23H17BrN2O2S/c1-28-20-13-12-17(24)14-16(20)15-21-22(27)26(19-10-6-3-7-11-19)23(29-21)25-18-8-4-2-5-9-18/h2-15H,1H3/b21-15+,25-23?. The van der Waals surface area contributed by atoms with Crippen molar-refractivity contribution in [3.8, 4) is 5.75 Å². The van der Waals surface area contributed by atoms with Gasteiger partial charge in [0.25, 0.3) is 5.91 Å². The Kier molecular flexibility index (Phi) is 5.83. The second-order valence-electron chi connectivity index (χ2n) is 6.20. The van der Waals surface area contributed by atoms with Crippen molar-refractivity contribution in [2.45, 2.75) is 0 Å². The normalized spacial score (nSPS) is 16.6. The van der Waals surface area contributed by atoms with E-state index in [4.69, 9.17) is 9.73 Å². The first-order chi connectivity index (χ1) is 14.2. The Morgan fingerprint density at radius 3 is 2.38 bits per heavy atom. The minimum Gasteiger partial charge on any atom is -0.496 e. The number of methoxy groups -OCH3 is 1. The zero-order chi connectivity index (χ0) is 20.2. The van der Waals surface area contributed by atoms with E-state index in [0.717, 1.165) is 21.4 Å². The maximum atomic E-state index is 13.3. The predicted molar refractivity (Wildman–Crippen MR) is 124 cm³/mol. The van der Waals surface area contributed by atoms with Crippen LogP contribution in [0, 0.1) is 0 Å². The molecule has 0 unspecified atom stereocenters. The highest BCUT2D eigenvalue weighted by atomic mass is 79.9. The SMILES string of the molecule is COc1ccc(Br)cc1/C=C1/SC(=Nc2ccccc2)N(c2ccccc2)C1=O. The van der Waals surface area contributed by atoms with Crippen LogP contribution in [0.15, 0.2) is 93.2 Å². The van der Waals surface area contributed by atoms with Crippen LogP contribution in [0.25, 0.3) is 6.08 Å². The molecule has 1 fully saturated rings. The van der Waals surface area contributed by atoms with Gasteiger partial charge in [-0.15, -0.1) is 0 Å². The number of para-hydroxylation sites is 2. The van der Waals surface area contributed by atoms with E-state index in [1.54, 1.807) is 12.0 Å². The van der Waals surface area contributed by atoms with E-state index in [2.05, 4.69) is 15.9 Å². The first kappa shape index (κ1) is 19.5. The van der Waals surface area contributed by atoms with Crippen molar-refractivity contribution in [1.29, 1.82) is 0 Å². The number of thioether (sulfide) groups is 1. The monoisotopic (exact) mass is 464 g/mol. The molecule has 144 valence electrons. The maximum absolute atomic E-state index is 13.3. The van der Waals surface area contributed by atoms with Crippen molar-refractivity contribution in [2.75, 3.05) is 12.0 Å². The molecule has 3 aromatic rings. The van der Waals surface area contributed by atoms with Crippen molar-refractivity contribution < 1.29 is 9.53 Å². The minimum absolute atomic E-state index is 0.113. The molecule has 29 heavy (non-hydrogen) atoms.